The van der Waals surface area contributed by atoms with E-state index in [4.69, 9.17) is 4.74 Å². The van der Waals surface area contributed by atoms with Crippen LogP contribution in [-0.4, -0.2) is 24.4 Å². The van der Waals surface area contributed by atoms with Gasteiger partial charge in [-0.05, 0) is 25.2 Å². The Balaban J connectivity index is 2.50. The molecule has 1 aliphatic carbocycles. The molecule has 0 aromatic carbocycles. The molecule has 0 spiro atoms. The summed E-state index contributed by atoms with van der Waals surface area (Å²) in [5, 5.41) is 9.87. The summed E-state index contributed by atoms with van der Waals surface area (Å²) in [7, 11) is 1.62. The summed E-state index contributed by atoms with van der Waals surface area (Å²) in [6.07, 6.45) is 7.08. The third-order valence-electron chi connectivity index (χ3n) is 2.55. The highest BCUT2D eigenvalue weighted by molar-refractivity contribution is 5.07. The number of rotatable bonds is 3. The Labute approximate surface area is 74.2 Å². The normalized spacial score (nSPS) is 35.4. The van der Waals surface area contributed by atoms with E-state index in [0.717, 1.165) is 12.8 Å². The quantitative estimate of drug-likeness (QED) is 0.654. The Bertz CT molecular complexity index is 165. The van der Waals surface area contributed by atoms with E-state index in [2.05, 4.69) is 13.0 Å². The molecule has 0 heterocycles. The van der Waals surface area contributed by atoms with Crippen LogP contribution in [0.2, 0.25) is 0 Å². The minimum atomic E-state index is -0.694. The molecule has 0 saturated carbocycles. The Kier molecular flexibility index (Phi) is 3.29. The molecule has 0 radical (unpaired) electrons. The van der Waals surface area contributed by atoms with Gasteiger partial charge in [0, 0.05) is 7.11 Å². The Morgan fingerprint density at radius 3 is 2.83 bits per heavy atom. The van der Waals surface area contributed by atoms with Crippen molar-refractivity contribution in [2.75, 3.05) is 13.7 Å². The van der Waals surface area contributed by atoms with Crippen LogP contribution in [0.25, 0.3) is 0 Å². The average Bonchev–Trinajstić information content (AvgIpc) is 2.06. The van der Waals surface area contributed by atoms with Crippen molar-refractivity contribution in [1.82, 2.24) is 0 Å². The molecular formula is C10H18O2. The highest BCUT2D eigenvalue weighted by Gasteiger charge is 2.27. The first-order valence-corrected chi connectivity index (χ1v) is 4.61. The third kappa shape index (κ3) is 2.32. The van der Waals surface area contributed by atoms with Gasteiger partial charge in [0.15, 0.2) is 0 Å². The highest BCUT2D eigenvalue weighted by Crippen LogP contribution is 2.27. The van der Waals surface area contributed by atoms with Crippen molar-refractivity contribution < 1.29 is 9.84 Å². The fourth-order valence-corrected chi connectivity index (χ4v) is 1.64. The van der Waals surface area contributed by atoms with Crippen LogP contribution < -0.4 is 0 Å². The van der Waals surface area contributed by atoms with Gasteiger partial charge in [0.05, 0.1) is 6.61 Å². The molecule has 0 saturated heterocycles. The zero-order chi connectivity index (χ0) is 9.03. The van der Waals surface area contributed by atoms with Crippen LogP contribution >= 0.6 is 0 Å². The molecule has 0 fully saturated rings. The van der Waals surface area contributed by atoms with Gasteiger partial charge in [-0.15, -0.1) is 0 Å². The van der Waals surface area contributed by atoms with Crippen molar-refractivity contribution in [1.29, 1.82) is 0 Å². The highest BCUT2D eigenvalue weighted by atomic mass is 16.5. The number of methoxy groups -OCH3 is 1. The first-order chi connectivity index (χ1) is 5.70. The zero-order valence-corrected chi connectivity index (χ0v) is 7.92. The van der Waals surface area contributed by atoms with E-state index in [0.29, 0.717) is 12.5 Å². The van der Waals surface area contributed by atoms with E-state index in [1.165, 1.54) is 6.42 Å². The fourth-order valence-electron chi connectivity index (χ4n) is 1.64. The van der Waals surface area contributed by atoms with Gasteiger partial charge in [0.2, 0.25) is 0 Å². The van der Waals surface area contributed by atoms with Crippen molar-refractivity contribution in [2.24, 2.45) is 5.92 Å². The van der Waals surface area contributed by atoms with Gasteiger partial charge in [0.1, 0.15) is 5.60 Å². The van der Waals surface area contributed by atoms with Crippen LogP contribution in [-0.2, 0) is 4.74 Å². The van der Waals surface area contributed by atoms with Crippen LogP contribution in [0.5, 0.6) is 0 Å². The minimum Gasteiger partial charge on any atom is -0.383 e. The molecular weight excluding hydrogens is 152 g/mol. The number of hydrogen-bond acceptors (Lipinski definition) is 2. The molecule has 12 heavy (non-hydrogen) atoms. The van der Waals surface area contributed by atoms with Gasteiger partial charge in [-0.3, -0.25) is 0 Å². The van der Waals surface area contributed by atoms with Gasteiger partial charge in [-0.1, -0.05) is 19.1 Å². The van der Waals surface area contributed by atoms with E-state index in [9.17, 15) is 5.11 Å². The molecule has 0 bridgehead atoms. The smallest absolute Gasteiger partial charge is 0.106 e. The predicted molar refractivity (Wildman–Crippen MR) is 49.0 cm³/mol. The minimum absolute atomic E-state index is 0.417. The van der Waals surface area contributed by atoms with Crippen molar-refractivity contribution in [3.8, 4) is 0 Å². The molecule has 0 amide bonds. The summed E-state index contributed by atoms with van der Waals surface area (Å²) in [5.41, 5.74) is -0.694. The molecule has 70 valence electrons. The Hall–Kier alpha value is -0.340. The molecule has 2 atom stereocenters. The standard InChI is InChI=1S/C10H18O2/c1-3-9-4-6-10(11,7-5-9)8-12-2/h4,6,9,11H,3,5,7-8H2,1-2H3. The second-order valence-corrected chi connectivity index (χ2v) is 3.60. The van der Waals surface area contributed by atoms with Gasteiger partial charge in [-0.25, -0.2) is 0 Å². The maximum absolute atomic E-state index is 9.87. The largest absolute Gasteiger partial charge is 0.383 e. The lowest BCUT2D eigenvalue weighted by atomic mass is 9.84. The van der Waals surface area contributed by atoms with Crippen LogP contribution in [0.3, 0.4) is 0 Å². The molecule has 1 aliphatic rings. The van der Waals surface area contributed by atoms with E-state index in [1.54, 1.807) is 7.11 Å². The molecule has 0 aromatic rings. The van der Waals surface area contributed by atoms with Crippen LogP contribution in [0, 0.1) is 5.92 Å². The Morgan fingerprint density at radius 2 is 2.42 bits per heavy atom. The topological polar surface area (TPSA) is 29.5 Å². The van der Waals surface area contributed by atoms with Gasteiger partial charge >= 0.3 is 0 Å². The summed E-state index contributed by atoms with van der Waals surface area (Å²) in [4.78, 5) is 0. The monoisotopic (exact) mass is 170 g/mol. The SMILES string of the molecule is CCC1C=CC(O)(COC)CC1. The molecule has 1 N–H and O–H groups in total. The summed E-state index contributed by atoms with van der Waals surface area (Å²) < 4.78 is 4.95. The summed E-state index contributed by atoms with van der Waals surface area (Å²) >= 11 is 0. The molecule has 2 unspecified atom stereocenters. The number of allylic oxidation sites excluding steroid dienone is 1. The van der Waals surface area contributed by atoms with Crippen LogP contribution in [0.1, 0.15) is 26.2 Å². The maximum atomic E-state index is 9.87. The number of aliphatic hydroxyl groups is 1. The van der Waals surface area contributed by atoms with Crippen molar-refractivity contribution >= 4 is 0 Å². The lowest BCUT2D eigenvalue weighted by Crippen LogP contribution is -2.34. The predicted octanol–water partition coefficient (Wildman–Crippen LogP) is 1.74. The van der Waals surface area contributed by atoms with Gasteiger partial charge in [-0.2, -0.15) is 0 Å². The summed E-state index contributed by atoms with van der Waals surface area (Å²) in [6, 6.07) is 0. The lowest BCUT2D eigenvalue weighted by molar-refractivity contribution is -0.00745. The van der Waals surface area contributed by atoms with Gasteiger partial charge < -0.3 is 9.84 Å². The summed E-state index contributed by atoms with van der Waals surface area (Å²) in [5.74, 6) is 0.655. The zero-order valence-electron chi connectivity index (χ0n) is 7.92. The molecule has 2 nitrogen and oxygen atoms in total. The first kappa shape index (κ1) is 9.75. The fraction of sp³-hybridized carbons (Fsp3) is 0.800. The second-order valence-electron chi connectivity index (χ2n) is 3.60. The first-order valence-electron chi connectivity index (χ1n) is 4.61. The van der Waals surface area contributed by atoms with E-state index in [1.807, 2.05) is 6.08 Å². The molecule has 0 aromatic heterocycles. The van der Waals surface area contributed by atoms with Crippen molar-refractivity contribution in [3.63, 3.8) is 0 Å². The molecule has 2 heteroatoms. The second kappa shape index (κ2) is 4.06. The van der Waals surface area contributed by atoms with E-state index < -0.39 is 5.60 Å². The summed E-state index contributed by atoms with van der Waals surface area (Å²) in [6.45, 7) is 2.59. The Morgan fingerprint density at radius 1 is 1.67 bits per heavy atom. The number of ether oxygens (including phenoxy) is 1. The van der Waals surface area contributed by atoms with Crippen molar-refractivity contribution in [3.05, 3.63) is 12.2 Å². The molecule has 1 rings (SSSR count). The maximum Gasteiger partial charge on any atom is 0.106 e. The van der Waals surface area contributed by atoms with Crippen molar-refractivity contribution in [2.45, 2.75) is 31.8 Å². The molecule has 0 aliphatic heterocycles. The van der Waals surface area contributed by atoms with Crippen LogP contribution in [0.4, 0.5) is 0 Å². The van der Waals surface area contributed by atoms with Crippen LogP contribution in [0.15, 0.2) is 12.2 Å². The number of hydrogen-bond donors (Lipinski definition) is 1. The van der Waals surface area contributed by atoms with Gasteiger partial charge in [0.25, 0.3) is 0 Å². The lowest BCUT2D eigenvalue weighted by Gasteiger charge is -2.29. The van der Waals surface area contributed by atoms with E-state index >= 15 is 0 Å². The third-order valence-corrected chi connectivity index (χ3v) is 2.55. The van der Waals surface area contributed by atoms with E-state index in [-0.39, 0.29) is 0 Å². The average molecular weight is 170 g/mol.